The third kappa shape index (κ3) is 5.71. The lowest BCUT2D eigenvalue weighted by atomic mass is 10.2. The molecule has 1 N–H and O–H groups in total. The largest absolute Gasteiger partial charge is 0.492 e. The van der Waals surface area contributed by atoms with Gasteiger partial charge in [0.15, 0.2) is 6.61 Å². The molecule has 2 aromatic carbocycles. The summed E-state index contributed by atoms with van der Waals surface area (Å²) >= 11 is 6.05. The Balaban J connectivity index is 1.74. The predicted octanol–water partition coefficient (Wildman–Crippen LogP) is 3.80. The van der Waals surface area contributed by atoms with Crippen molar-refractivity contribution in [3.63, 3.8) is 0 Å². The van der Waals surface area contributed by atoms with Gasteiger partial charge in [-0.3, -0.25) is 4.79 Å². The molecule has 0 bridgehead atoms. The van der Waals surface area contributed by atoms with Crippen LogP contribution in [0.5, 0.6) is 11.5 Å². The molecule has 0 unspecified atom stereocenters. The molecule has 3 rings (SSSR count). The molecule has 0 radical (unpaired) electrons. The lowest BCUT2D eigenvalue weighted by Gasteiger charge is -2.27. The molecule has 32 heavy (non-hydrogen) atoms. The van der Waals surface area contributed by atoms with Crippen LogP contribution in [0.25, 0.3) is 0 Å². The second kappa shape index (κ2) is 10.7. The summed E-state index contributed by atoms with van der Waals surface area (Å²) in [6, 6.07) is 11.0. The van der Waals surface area contributed by atoms with E-state index >= 15 is 0 Å². The SMILES string of the molecule is CCOc1ccc(NC(=O)COc2ccc(C#N)cc2Cl)cc1S(=O)(=O)N1CCCCC1. The molecule has 8 nitrogen and oxygen atoms in total. The maximum absolute atomic E-state index is 13.2. The zero-order chi connectivity index (χ0) is 23.1. The summed E-state index contributed by atoms with van der Waals surface area (Å²) in [5, 5.41) is 11.7. The zero-order valence-electron chi connectivity index (χ0n) is 17.6. The highest BCUT2D eigenvalue weighted by atomic mass is 35.5. The first kappa shape index (κ1) is 23.9. The third-order valence-electron chi connectivity index (χ3n) is 4.88. The number of anilines is 1. The number of hydrogen-bond donors (Lipinski definition) is 1. The molecule has 170 valence electrons. The van der Waals surface area contributed by atoms with Gasteiger partial charge in [-0.25, -0.2) is 8.42 Å². The first-order chi connectivity index (χ1) is 15.3. The van der Waals surface area contributed by atoms with Gasteiger partial charge in [-0.15, -0.1) is 0 Å². The highest BCUT2D eigenvalue weighted by molar-refractivity contribution is 7.89. The van der Waals surface area contributed by atoms with Crippen LogP contribution in [0, 0.1) is 11.3 Å². The van der Waals surface area contributed by atoms with Gasteiger partial charge in [0.25, 0.3) is 5.91 Å². The standard InChI is InChI=1S/C22H24ClN3O5S/c1-2-30-20-9-7-17(13-21(20)32(28,29)26-10-4-3-5-11-26)25-22(27)15-31-19-8-6-16(14-24)12-18(19)23/h6-9,12-13H,2-5,10-11,15H2,1H3,(H,25,27). The van der Waals surface area contributed by atoms with Crippen molar-refractivity contribution in [1.29, 1.82) is 5.26 Å². The average Bonchev–Trinajstić information content (AvgIpc) is 2.80. The number of ether oxygens (including phenoxy) is 2. The van der Waals surface area contributed by atoms with Crippen molar-refractivity contribution in [3.05, 3.63) is 47.0 Å². The number of rotatable bonds is 8. The maximum Gasteiger partial charge on any atom is 0.262 e. The molecule has 0 aliphatic carbocycles. The lowest BCUT2D eigenvalue weighted by Crippen LogP contribution is -2.35. The number of carbonyl (C=O) groups is 1. The molecular weight excluding hydrogens is 454 g/mol. The fourth-order valence-electron chi connectivity index (χ4n) is 3.33. The number of sulfonamides is 1. The van der Waals surface area contributed by atoms with Crippen LogP contribution in [0.3, 0.4) is 0 Å². The Morgan fingerprint density at radius 3 is 2.50 bits per heavy atom. The summed E-state index contributed by atoms with van der Waals surface area (Å²) in [6.07, 6.45) is 2.63. The number of nitrogens with one attached hydrogen (secondary N) is 1. The fourth-order valence-corrected chi connectivity index (χ4v) is 5.24. The maximum atomic E-state index is 13.2. The van der Waals surface area contributed by atoms with E-state index in [1.807, 2.05) is 6.07 Å². The van der Waals surface area contributed by atoms with E-state index in [4.69, 9.17) is 26.3 Å². The highest BCUT2D eigenvalue weighted by Crippen LogP contribution is 2.31. The first-order valence-corrected chi connectivity index (χ1v) is 12.1. The van der Waals surface area contributed by atoms with Crippen molar-refractivity contribution in [3.8, 4) is 17.6 Å². The van der Waals surface area contributed by atoms with Crippen molar-refractivity contribution < 1.29 is 22.7 Å². The fraction of sp³-hybridized carbons (Fsp3) is 0.364. The van der Waals surface area contributed by atoms with Crippen LogP contribution in [-0.4, -0.2) is 44.9 Å². The van der Waals surface area contributed by atoms with E-state index < -0.39 is 15.9 Å². The van der Waals surface area contributed by atoms with Gasteiger partial charge in [-0.1, -0.05) is 18.0 Å². The van der Waals surface area contributed by atoms with Crippen molar-refractivity contribution >= 4 is 33.2 Å². The van der Waals surface area contributed by atoms with Crippen molar-refractivity contribution in [1.82, 2.24) is 4.31 Å². The Morgan fingerprint density at radius 2 is 1.84 bits per heavy atom. The van der Waals surface area contributed by atoms with E-state index in [9.17, 15) is 13.2 Å². The van der Waals surface area contributed by atoms with Crippen LogP contribution < -0.4 is 14.8 Å². The summed E-state index contributed by atoms with van der Waals surface area (Å²) < 4.78 is 38.8. The van der Waals surface area contributed by atoms with Crippen LogP contribution in [-0.2, 0) is 14.8 Å². The quantitative estimate of drug-likeness (QED) is 0.619. The van der Waals surface area contributed by atoms with Crippen molar-refractivity contribution in [2.75, 3.05) is 31.6 Å². The Labute approximate surface area is 192 Å². The summed E-state index contributed by atoms with van der Waals surface area (Å²) in [4.78, 5) is 12.4. The molecule has 1 heterocycles. The molecule has 1 saturated heterocycles. The van der Waals surface area contributed by atoms with Gasteiger partial charge in [0.2, 0.25) is 10.0 Å². The molecule has 1 fully saturated rings. The lowest BCUT2D eigenvalue weighted by molar-refractivity contribution is -0.118. The Kier molecular flexibility index (Phi) is 7.96. The topological polar surface area (TPSA) is 109 Å². The number of hydrogen-bond acceptors (Lipinski definition) is 6. The number of nitriles is 1. The molecule has 1 aliphatic rings. The number of nitrogens with zero attached hydrogens (tertiary/aromatic N) is 2. The van der Waals surface area contributed by atoms with Gasteiger partial charge in [-0.2, -0.15) is 9.57 Å². The monoisotopic (exact) mass is 477 g/mol. The molecule has 0 aromatic heterocycles. The van der Waals surface area contributed by atoms with E-state index in [2.05, 4.69) is 5.32 Å². The number of carbonyl (C=O) groups excluding carboxylic acids is 1. The van der Waals surface area contributed by atoms with Crippen LogP contribution in [0.2, 0.25) is 5.02 Å². The minimum Gasteiger partial charge on any atom is -0.492 e. The first-order valence-electron chi connectivity index (χ1n) is 10.2. The second-order valence-electron chi connectivity index (χ2n) is 7.15. The molecule has 0 spiro atoms. The molecular formula is C22H24ClN3O5S. The zero-order valence-corrected chi connectivity index (χ0v) is 19.2. The van der Waals surface area contributed by atoms with E-state index in [0.29, 0.717) is 30.9 Å². The minimum atomic E-state index is -3.76. The number of benzene rings is 2. The average molecular weight is 478 g/mol. The number of amides is 1. The molecule has 2 aromatic rings. The van der Waals surface area contributed by atoms with Gasteiger partial charge >= 0.3 is 0 Å². The van der Waals surface area contributed by atoms with Crippen LogP contribution >= 0.6 is 11.6 Å². The number of piperidine rings is 1. The van der Waals surface area contributed by atoms with Gasteiger partial charge < -0.3 is 14.8 Å². The van der Waals surface area contributed by atoms with Crippen molar-refractivity contribution in [2.45, 2.75) is 31.1 Å². The van der Waals surface area contributed by atoms with Gasteiger partial charge in [0.05, 0.1) is 23.3 Å². The van der Waals surface area contributed by atoms with Gasteiger partial charge in [0, 0.05) is 18.8 Å². The highest BCUT2D eigenvalue weighted by Gasteiger charge is 2.29. The molecule has 10 heteroatoms. The van der Waals surface area contributed by atoms with E-state index in [1.54, 1.807) is 13.0 Å². The predicted molar refractivity (Wildman–Crippen MR) is 121 cm³/mol. The smallest absolute Gasteiger partial charge is 0.262 e. The van der Waals surface area contributed by atoms with E-state index in [-0.39, 0.29) is 28.0 Å². The molecule has 0 saturated carbocycles. The molecule has 1 aliphatic heterocycles. The Bertz CT molecular complexity index is 1120. The molecule has 0 atom stereocenters. The minimum absolute atomic E-state index is 0.0232. The van der Waals surface area contributed by atoms with Gasteiger partial charge in [0.1, 0.15) is 16.4 Å². The van der Waals surface area contributed by atoms with Crippen LogP contribution in [0.15, 0.2) is 41.3 Å². The second-order valence-corrected chi connectivity index (χ2v) is 9.47. The summed E-state index contributed by atoms with van der Waals surface area (Å²) in [7, 11) is -3.76. The van der Waals surface area contributed by atoms with E-state index in [0.717, 1.165) is 19.3 Å². The van der Waals surface area contributed by atoms with Gasteiger partial charge in [-0.05, 0) is 56.2 Å². The summed E-state index contributed by atoms with van der Waals surface area (Å²) in [5.74, 6) is 0.0217. The van der Waals surface area contributed by atoms with E-state index in [1.165, 1.54) is 34.6 Å². The molecule has 1 amide bonds. The Morgan fingerprint density at radius 1 is 1.12 bits per heavy atom. The normalized spacial score (nSPS) is 14.4. The third-order valence-corrected chi connectivity index (χ3v) is 7.10. The Hall–Kier alpha value is -2.80. The van der Waals surface area contributed by atoms with Crippen LogP contribution in [0.1, 0.15) is 31.7 Å². The summed E-state index contributed by atoms with van der Waals surface area (Å²) in [5.41, 5.74) is 0.687. The van der Waals surface area contributed by atoms with Crippen LogP contribution in [0.4, 0.5) is 5.69 Å². The van der Waals surface area contributed by atoms with Crippen molar-refractivity contribution in [2.24, 2.45) is 0 Å². The summed E-state index contributed by atoms with van der Waals surface area (Å²) in [6.45, 7) is 2.67. The number of halogens is 1.